The van der Waals surface area contributed by atoms with Crippen molar-refractivity contribution >= 4 is 39.8 Å². The number of nitrogens with zero attached hydrogens (tertiary/aromatic N) is 4. The average molecular weight is 454 g/mol. The third-order valence-electron chi connectivity index (χ3n) is 4.60. The number of rotatable bonds is 5. The first-order valence-electron chi connectivity index (χ1n) is 8.49. The van der Waals surface area contributed by atoms with Crippen LogP contribution < -0.4 is 10.5 Å². The Morgan fingerprint density at radius 2 is 2.00 bits per heavy atom. The molecule has 3 aromatic rings. The number of fused-ring (bicyclic) bond motifs is 1. The number of nitrogens with two attached hydrogens (primary N) is 1. The summed E-state index contributed by atoms with van der Waals surface area (Å²) >= 11 is 11.2. The van der Waals surface area contributed by atoms with Crippen LogP contribution in [0.3, 0.4) is 0 Å². The number of aromatic nitrogens is 3. The average Bonchev–Trinajstić information content (AvgIpc) is 3.09. The Morgan fingerprint density at radius 1 is 1.30 bits per heavy atom. The molecule has 0 aliphatic heterocycles. The number of methoxy groups -OCH3 is 1. The Morgan fingerprint density at radius 3 is 2.57 bits per heavy atom. The van der Waals surface area contributed by atoms with Gasteiger partial charge in [-0.05, 0) is 24.6 Å². The fourth-order valence-corrected chi connectivity index (χ4v) is 3.46. The minimum Gasteiger partial charge on any atom is -0.497 e. The van der Waals surface area contributed by atoms with E-state index in [1.165, 1.54) is 24.9 Å². The number of hydrogen-bond acceptors (Lipinski definition) is 5. The standard InChI is InChI=1S/C19H15ClF3N5OS/c1-18(8-24,13-5-10(19(21,22)23)3-4-12(13)17(25)30)9-28-26-15-7-11(29-2)6-14(20)16(15)27-28/h3-7H,9H2,1-2H3,(H2,25,30). The Labute approximate surface area is 180 Å². The van der Waals surface area contributed by atoms with Crippen molar-refractivity contribution in [2.75, 3.05) is 7.11 Å². The number of halogens is 4. The highest BCUT2D eigenvalue weighted by Crippen LogP contribution is 2.36. The highest BCUT2D eigenvalue weighted by molar-refractivity contribution is 7.80. The van der Waals surface area contributed by atoms with Crippen molar-refractivity contribution in [2.45, 2.75) is 25.1 Å². The molecule has 0 radical (unpaired) electrons. The Bertz CT molecular complexity index is 1190. The Hall–Kier alpha value is -2.90. The van der Waals surface area contributed by atoms with Crippen molar-refractivity contribution in [3.05, 3.63) is 52.0 Å². The number of nitriles is 1. The second kappa shape index (κ2) is 7.74. The van der Waals surface area contributed by atoms with Gasteiger partial charge in [0, 0.05) is 17.7 Å². The maximum Gasteiger partial charge on any atom is 0.416 e. The van der Waals surface area contributed by atoms with Crippen LogP contribution in [0.1, 0.15) is 23.6 Å². The molecule has 3 rings (SSSR count). The molecular formula is C19H15ClF3N5OS. The lowest BCUT2D eigenvalue weighted by atomic mass is 9.80. The zero-order chi connectivity index (χ0) is 22.3. The molecular weight excluding hydrogens is 439 g/mol. The molecule has 1 atom stereocenters. The molecule has 0 spiro atoms. The predicted molar refractivity (Wildman–Crippen MR) is 109 cm³/mol. The van der Waals surface area contributed by atoms with E-state index in [1.54, 1.807) is 12.1 Å². The molecule has 2 N–H and O–H groups in total. The van der Waals surface area contributed by atoms with Gasteiger partial charge in [-0.2, -0.15) is 33.4 Å². The molecule has 156 valence electrons. The van der Waals surface area contributed by atoms with Gasteiger partial charge in [-0.3, -0.25) is 0 Å². The number of ether oxygens (including phenoxy) is 1. The van der Waals surface area contributed by atoms with Crippen LogP contribution in [0.2, 0.25) is 5.02 Å². The summed E-state index contributed by atoms with van der Waals surface area (Å²) in [6.07, 6.45) is -4.59. The van der Waals surface area contributed by atoms with E-state index in [-0.39, 0.29) is 27.7 Å². The van der Waals surface area contributed by atoms with Crippen LogP contribution in [0.25, 0.3) is 11.0 Å². The quantitative estimate of drug-likeness (QED) is 0.581. The van der Waals surface area contributed by atoms with Crippen molar-refractivity contribution in [3.8, 4) is 11.8 Å². The van der Waals surface area contributed by atoms with Gasteiger partial charge in [0.1, 0.15) is 27.2 Å². The van der Waals surface area contributed by atoms with Gasteiger partial charge in [-0.15, -0.1) is 0 Å². The molecule has 2 aromatic carbocycles. The van der Waals surface area contributed by atoms with Gasteiger partial charge in [-0.25, -0.2) is 0 Å². The fraction of sp³-hybridized carbons (Fsp3) is 0.263. The molecule has 1 unspecified atom stereocenters. The van der Waals surface area contributed by atoms with Gasteiger partial charge < -0.3 is 10.5 Å². The largest absolute Gasteiger partial charge is 0.497 e. The van der Waals surface area contributed by atoms with E-state index in [0.29, 0.717) is 16.8 Å². The molecule has 6 nitrogen and oxygen atoms in total. The molecule has 0 aliphatic carbocycles. The molecule has 0 amide bonds. The second-order valence-electron chi connectivity index (χ2n) is 6.77. The first-order chi connectivity index (χ1) is 14.0. The van der Waals surface area contributed by atoms with Crippen LogP contribution in [-0.4, -0.2) is 27.1 Å². The third-order valence-corrected chi connectivity index (χ3v) is 5.11. The SMILES string of the molecule is COc1cc(Cl)c2nn(CC(C)(C#N)c3cc(C(F)(F)F)ccc3C(N)=S)nc2c1. The van der Waals surface area contributed by atoms with Gasteiger partial charge >= 0.3 is 6.18 Å². The van der Waals surface area contributed by atoms with Gasteiger partial charge in [0.25, 0.3) is 0 Å². The van der Waals surface area contributed by atoms with Crippen molar-refractivity contribution in [1.82, 2.24) is 15.0 Å². The predicted octanol–water partition coefficient (Wildman–Crippen LogP) is 4.23. The smallest absolute Gasteiger partial charge is 0.416 e. The van der Waals surface area contributed by atoms with Crippen LogP contribution in [0.15, 0.2) is 30.3 Å². The highest BCUT2D eigenvalue weighted by atomic mass is 35.5. The van der Waals surface area contributed by atoms with E-state index >= 15 is 0 Å². The van der Waals surface area contributed by atoms with Crippen LogP contribution >= 0.6 is 23.8 Å². The van der Waals surface area contributed by atoms with Crippen LogP contribution in [0.5, 0.6) is 5.75 Å². The summed E-state index contributed by atoms with van der Waals surface area (Å²) < 4.78 is 45.0. The molecule has 30 heavy (non-hydrogen) atoms. The minimum atomic E-state index is -4.59. The highest BCUT2D eigenvalue weighted by Gasteiger charge is 2.36. The second-order valence-corrected chi connectivity index (χ2v) is 7.62. The van der Waals surface area contributed by atoms with E-state index in [2.05, 4.69) is 16.3 Å². The summed E-state index contributed by atoms with van der Waals surface area (Å²) in [5.74, 6) is 0.469. The minimum absolute atomic E-state index is 0.0392. The van der Waals surface area contributed by atoms with E-state index in [4.69, 9.17) is 34.3 Å². The summed E-state index contributed by atoms with van der Waals surface area (Å²) in [6, 6.07) is 8.16. The third kappa shape index (κ3) is 4.04. The van der Waals surface area contributed by atoms with Gasteiger partial charge in [0.05, 0.1) is 30.3 Å². The maximum atomic E-state index is 13.3. The molecule has 0 aliphatic rings. The van der Waals surface area contributed by atoms with Crippen LogP contribution in [0, 0.1) is 11.3 Å². The van der Waals surface area contributed by atoms with Gasteiger partial charge in [0.15, 0.2) is 0 Å². The summed E-state index contributed by atoms with van der Waals surface area (Å²) in [6.45, 7) is 1.31. The Balaban J connectivity index is 2.12. The number of hydrogen-bond donors (Lipinski definition) is 1. The van der Waals surface area contributed by atoms with Crippen molar-refractivity contribution in [3.63, 3.8) is 0 Å². The van der Waals surface area contributed by atoms with Crippen LogP contribution in [-0.2, 0) is 18.1 Å². The van der Waals surface area contributed by atoms with Crippen LogP contribution in [0.4, 0.5) is 13.2 Å². The molecule has 11 heteroatoms. The van der Waals surface area contributed by atoms with Gasteiger partial charge in [0.2, 0.25) is 0 Å². The number of benzene rings is 2. The first kappa shape index (κ1) is 21.8. The van der Waals surface area contributed by atoms with Crippen molar-refractivity contribution in [1.29, 1.82) is 5.26 Å². The van der Waals surface area contributed by atoms with E-state index in [9.17, 15) is 18.4 Å². The zero-order valence-corrected chi connectivity index (χ0v) is 17.4. The summed E-state index contributed by atoms with van der Waals surface area (Å²) in [7, 11) is 1.47. The summed E-state index contributed by atoms with van der Waals surface area (Å²) in [5, 5.41) is 18.7. The lowest BCUT2D eigenvalue weighted by Gasteiger charge is -2.25. The molecule has 0 saturated carbocycles. The summed E-state index contributed by atoms with van der Waals surface area (Å²) in [5.41, 5.74) is 4.33. The molecule has 0 saturated heterocycles. The zero-order valence-electron chi connectivity index (χ0n) is 15.8. The summed E-state index contributed by atoms with van der Waals surface area (Å²) in [4.78, 5) is 1.09. The van der Waals surface area contributed by atoms with Crippen molar-refractivity contribution in [2.24, 2.45) is 5.73 Å². The Kier molecular flexibility index (Phi) is 5.62. The monoisotopic (exact) mass is 453 g/mol. The van der Waals surface area contributed by atoms with E-state index < -0.39 is 17.2 Å². The molecule has 0 bridgehead atoms. The molecule has 1 aromatic heterocycles. The van der Waals surface area contributed by atoms with Crippen molar-refractivity contribution < 1.29 is 17.9 Å². The number of thiocarbonyl (C=S) groups is 1. The van der Waals surface area contributed by atoms with E-state index in [0.717, 1.165) is 12.1 Å². The normalized spacial score (nSPS) is 13.6. The van der Waals surface area contributed by atoms with E-state index in [1.807, 2.05) is 0 Å². The number of alkyl halides is 3. The maximum absolute atomic E-state index is 13.3. The molecule has 1 heterocycles. The van der Waals surface area contributed by atoms with Gasteiger partial charge in [-0.1, -0.05) is 29.9 Å². The fourth-order valence-electron chi connectivity index (χ4n) is 3.04. The topological polar surface area (TPSA) is 89.8 Å². The lowest BCUT2D eigenvalue weighted by Crippen LogP contribution is -2.31. The molecule has 0 fully saturated rings. The first-order valence-corrected chi connectivity index (χ1v) is 9.28. The lowest BCUT2D eigenvalue weighted by molar-refractivity contribution is -0.137.